The molecule has 0 aromatic carbocycles. The van der Waals surface area contributed by atoms with Gasteiger partial charge in [0.15, 0.2) is 5.88 Å². The second-order valence-corrected chi connectivity index (χ2v) is 5.46. The van der Waals surface area contributed by atoms with Crippen molar-refractivity contribution in [1.29, 1.82) is 0 Å². The van der Waals surface area contributed by atoms with Crippen LogP contribution in [0.1, 0.15) is 13.8 Å². The first kappa shape index (κ1) is 12.4. The molecule has 0 saturated carbocycles. The fourth-order valence-electron chi connectivity index (χ4n) is 2.38. The highest BCUT2D eigenvalue weighted by Gasteiger charge is 2.28. The van der Waals surface area contributed by atoms with Gasteiger partial charge in [-0.1, -0.05) is 6.07 Å². The van der Waals surface area contributed by atoms with Gasteiger partial charge in [-0.2, -0.15) is 0 Å². The van der Waals surface area contributed by atoms with Gasteiger partial charge in [0.2, 0.25) is 0 Å². The molecule has 1 fully saturated rings. The topological polar surface area (TPSA) is 47.8 Å². The Hall–Kier alpha value is -1.59. The van der Waals surface area contributed by atoms with Crippen molar-refractivity contribution >= 4 is 5.65 Å². The maximum atomic E-state index is 5.98. The van der Waals surface area contributed by atoms with E-state index in [1.54, 1.807) is 6.20 Å². The normalized spacial score (nSPS) is 22.5. The summed E-state index contributed by atoms with van der Waals surface area (Å²) in [5, 5.41) is 3.37. The largest absolute Gasteiger partial charge is 0.476 e. The van der Waals surface area contributed by atoms with Crippen LogP contribution in [0.4, 0.5) is 0 Å². The zero-order chi connectivity index (χ0) is 13.3. The molecule has 1 aliphatic rings. The van der Waals surface area contributed by atoms with Gasteiger partial charge in [0.25, 0.3) is 0 Å². The van der Waals surface area contributed by atoms with Crippen LogP contribution in [0.15, 0.2) is 30.6 Å². The first-order chi connectivity index (χ1) is 9.14. The summed E-state index contributed by atoms with van der Waals surface area (Å²) in [5.74, 6) is 0.793. The highest BCUT2D eigenvalue weighted by Crippen LogP contribution is 2.18. The summed E-state index contributed by atoms with van der Waals surface area (Å²) < 4.78 is 13.8. The third-order valence-corrected chi connectivity index (χ3v) is 3.22. The molecule has 0 amide bonds. The fraction of sp³-hybridized carbons (Fsp3) is 0.500. The summed E-state index contributed by atoms with van der Waals surface area (Å²) in [6.45, 7) is 6.41. The number of rotatable bonds is 3. The van der Waals surface area contributed by atoms with Crippen molar-refractivity contribution in [1.82, 2.24) is 14.7 Å². The van der Waals surface area contributed by atoms with Gasteiger partial charge >= 0.3 is 0 Å². The lowest BCUT2D eigenvalue weighted by molar-refractivity contribution is -0.107. The second-order valence-electron chi connectivity index (χ2n) is 5.46. The summed E-state index contributed by atoms with van der Waals surface area (Å²) in [6, 6.07) is 5.84. The molecule has 5 heteroatoms. The van der Waals surface area contributed by atoms with Gasteiger partial charge in [-0.25, -0.2) is 4.98 Å². The molecular weight excluding hydrogens is 242 g/mol. The Kier molecular flexibility index (Phi) is 3.16. The van der Waals surface area contributed by atoms with Crippen molar-refractivity contribution in [3.8, 4) is 5.88 Å². The summed E-state index contributed by atoms with van der Waals surface area (Å²) >= 11 is 0. The van der Waals surface area contributed by atoms with Crippen LogP contribution < -0.4 is 10.1 Å². The van der Waals surface area contributed by atoms with Crippen LogP contribution in [0.3, 0.4) is 0 Å². The van der Waals surface area contributed by atoms with Gasteiger partial charge in [-0.3, -0.25) is 4.40 Å². The zero-order valence-electron chi connectivity index (χ0n) is 11.3. The van der Waals surface area contributed by atoms with Gasteiger partial charge < -0.3 is 14.8 Å². The Labute approximate surface area is 112 Å². The summed E-state index contributed by atoms with van der Waals surface area (Å²) in [7, 11) is 0. The molecule has 0 aliphatic carbocycles. The number of nitrogens with zero attached hydrogens (tertiary/aromatic N) is 2. The van der Waals surface area contributed by atoms with Crippen molar-refractivity contribution in [3.05, 3.63) is 30.6 Å². The number of hydrogen-bond donors (Lipinski definition) is 1. The molecule has 1 saturated heterocycles. The lowest BCUT2D eigenvalue weighted by atomic mass is 10.1. The molecule has 1 unspecified atom stereocenters. The highest BCUT2D eigenvalue weighted by molar-refractivity contribution is 5.41. The van der Waals surface area contributed by atoms with Gasteiger partial charge in [0.1, 0.15) is 18.4 Å². The number of morpholine rings is 1. The summed E-state index contributed by atoms with van der Waals surface area (Å²) in [6.07, 6.45) is 3.74. The minimum Gasteiger partial charge on any atom is -0.476 e. The van der Waals surface area contributed by atoms with E-state index in [1.165, 1.54) is 0 Å². The van der Waals surface area contributed by atoms with Crippen molar-refractivity contribution in [2.24, 2.45) is 0 Å². The van der Waals surface area contributed by atoms with E-state index in [0.717, 1.165) is 24.6 Å². The van der Waals surface area contributed by atoms with E-state index in [-0.39, 0.29) is 11.7 Å². The van der Waals surface area contributed by atoms with E-state index in [9.17, 15) is 0 Å². The number of fused-ring (bicyclic) bond motifs is 1. The number of hydrogen-bond acceptors (Lipinski definition) is 4. The molecule has 19 heavy (non-hydrogen) atoms. The van der Waals surface area contributed by atoms with Gasteiger partial charge in [0, 0.05) is 25.5 Å². The number of ether oxygens (including phenoxy) is 2. The monoisotopic (exact) mass is 261 g/mol. The molecule has 5 nitrogen and oxygen atoms in total. The molecule has 102 valence electrons. The van der Waals surface area contributed by atoms with Crippen molar-refractivity contribution in [3.63, 3.8) is 0 Å². The zero-order valence-corrected chi connectivity index (χ0v) is 11.3. The lowest BCUT2D eigenvalue weighted by Crippen LogP contribution is -2.52. The first-order valence-corrected chi connectivity index (χ1v) is 6.57. The molecule has 2 aromatic rings. The van der Waals surface area contributed by atoms with Crippen LogP contribution in [0, 0.1) is 0 Å². The minimum absolute atomic E-state index is 0.0718. The first-order valence-electron chi connectivity index (χ1n) is 6.57. The van der Waals surface area contributed by atoms with E-state index < -0.39 is 0 Å². The minimum atomic E-state index is -0.132. The molecular formula is C14H19N3O2. The van der Waals surface area contributed by atoms with Gasteiger partial charge in [-0.15, -0.1) is 0 Å². The number of imidazole rings is 1. The third kappa shape index (κ3) is 2.72. The van der Waals surface area contributed by atoms with Crippen LogP contribution in [-0.4, -0.2) is 40.8 Å². The molecule has 1 atom stereocenters. The van der Waals surface area contributed by atoms with E-state index in [2.05, 4.69) is 24.1 Å². The van der Waals surface area contributed by atoms with E-state index in [1.807, 2.05) is 28.8 Å². The van der Waals surface area contributed by atoms with E-state index in [4.69, 9.17) is 9.47 Å². The number of nitrogens with one attached hydrogen (secondary N) is 1. The van der Waals surface area contributed by atoms with E-state index >= 15 is 0 Å². The lowest BCUT2D eigenvalue weighted by Gasteiger charge is -2.36. The van der Waals surface area contributed by atoms with Gasteiger partial charge in [-0.05, 0) is 26.0 Å². The predicted octanol–water partition coefficient (Wildman–Crippen LogP) is 1.48. The average Bonchev–Trinajstić information content (AvgIpc) is 2.84. The quantitative estimate of drug-likeness (QED) is 0.909. The summed E-state index contributed by atoms with van der Waals surface area (Å²) in [4.78, 5) is 4.24. The van der Waals surface area contributed by atoms with Crippen molar-refractivity contribution in [2.45, 2.75) is 25.6 Å². The molecule has 3 rings (SSSR count). The van der Waals surface area contributed by atoms with E-state index in [0.29, 0.717) is 6.61 Å². The molecule has 0 radical (unpaired) electrons. The Balaban J connectivity index is 1.67. The molecule has 1 aliphatic heterocycles. The highest BCUT2D eigenvalue weighted by atomic mass is 16.6. The van der Waals surface area contributed by atoms with Crippen LogP contribution in [-0.2, 0) is 4.74 Å². The molecule has 3 heterocycles. The smallest absolute Gasteiger partial charge is 0.199 e. The van der Waals surface area contributed by atoms with Crippen molar-refractivity contribution < 1.29 is 9.47 Å². The second kappa shape index (κ2) is 4.83. The number of pyridine rings is 1. The van der Waals surface area contributed by atoms with Crippen LogP contribution in [0.5, 0.6) is 5.88 Å². The average molecular weight is 261 g/mol. The Morgan fingerprint density at radius 2 is 2.42 bits per heavy atom. The van der Waals surface area contributed by atoms with Crippen LogP contribution in [0.2, 0.25) is 0 Å². The maximum absolute atomic E-state index is 5.98. The Bertz CT molecular complexity index is 565. The molecule has 0 spiro atoms. The maximum Gasteiger partial charge on any atom is 0.199 e. The standard InChI is InChI=1S/C14H19N3O2/c1-14(2)10-15-8-11(19-14)9-18-13-5-3-4-12-16-6-7-17(12)13/h3-7,11,15H,8-10H2,1-2H3. The van der Waals surface area contributed by atoms with Crippen LogP contribution in [0.25, 0.3) is 5.65 Å². The summed E-state index contributed by atoms with van der Waals surface area (Å²) in [5.41, 5.74) is 0.758. The fourth-order valence-corrected chi connectivity index (χ4v) is 2.38. The predicted molar refractivity (Wildman–Crippen MR) is 72.5 cm³/mol. The molecule has 0 bridgehead atoms. The van der Waals surface area contributed by atoms with Crippen molar-refractivity contribution in [2.75, 3.05) is 19.7 Å². The van der Waals surface area contributed by atoms with Gasteiger partial charge in [0.05, 0.1) is 5.60 Å². The Morgan fingerprint density at radius 1 is 1.53 bits per heavy atom. The van der Waals surface area contributed by atoms with Crippen LogP contribution >= 0.6 is 0 Å². The molecule has 2 aromatic heterocycles. The Morgan fingerprint density at radius 3 is 3.26 bits per heavy atom. The molecule has 1 N–H and O–H groups in total. The number of aromatic nitrogens is 2. The third-order valence-electron chi connectivity index (χ3n) is 3.22. The SMILES string of the molecule is CC1(C)CNCC(COc2cccc3nccn23)O1.